The Morgan fingerprint density at radius 3 is 2.25 bits per heavy atom. The van der Waals surface area contributed by atoms with Crippen molar-refractivity contribution in [1.29, 1.82) is 0 Å². The first-order valence-electron chi connectivity index (χ1n) is 11.0. The van der Waals surface area contributed by atoms with E-state index in [4.69, 9.17) is 0 Å². The molecule has 0 N–H and O–H groups in total. The molecule has 1 saturated carbocycles. The van der Waals surface area contributed by atoms with E-state index in [0.717, 1.165) is 29.6 Å². The molecular formula is C24H40. The Morgan fingerprint density at radius 1 is 0.792 bits per heavy atom. The van der Waals surface area contributed by atoms with Crippen molar-refractivity contribution in [3.05, 3.63) is 23.8 Å². The van der Waals surface area contributed by atoms with Gasteiger partial charge in [-0.15, -0.1) is 0 Å². The molecule has 0 saturated heterocycles. The molecule has 0 spiro atoms. The Labute approximate surface area is 151 Å². The summed E-state index contributed by atoms with van der Waals surface area (Å²) in [6.07, 6.45) is 26.5. The standard InChI is InChI=1S/C24H40/c1-19-3-7-21(8-4-19)11-13-23-15-17-24(18-16-23)14-12-22-9-5-20(2)6-10-22/h3,7,15,19-22,24H,4-6,8-14,16-18H2,1-2H3. The first-order chi connectivity index (χ1) is 11.7. The molecular weight excluding hydrogens is 288 g/mol. The predicted octanol–water partition coefficient (Wildman–Crippen LogP) is 7.70. The summed E-state index contributed by atoms with van der Waals surface area (Å²) in [5.74, 6) is 4.76. The van der Waals surface area contributed by atoms with Crippen molar-refractivity contribution in [2.45, 2.75) is 97.3 Å². The highest BCUT2D eigenvalue weighted by Gasteiger charge is 2.21. The van der Waals surface area contributed by atoms with Gasteiger partial charge in [0.2, 0.25) is 0 Å². The molecule has 0 amide bonds. The number of allylic oxidation sites excluding steroid dienone is 4. The van der Waals surface area contributed by atoms with Crippen molar-refractivity contribution < 1.29 is 0 Å². The SMILES string of the molecule is CC1C=CC(CCC2=CCC(CCC3CCC(C)CC3)CC2)CC1. The van der Waals surface area contributed by atoms with Gasteiger partial charge in [-0.3, -0.25) is 0 Å². The maximum absolute atomic E-state index is 2.63. The van der Waals surface area contributed by atoms with Crippen molar-refractivity contribution >= 4 is 0 Å². The molecule has 3 atom stereocenters. The van der Waals surface area contributed by atoms with Gasteiger partial charge in [0.25, 0.3) is 0 Å². The summed E-state index contributed by atoms with van der Waals surface area (Å²) in [5.41, 5.74) is 1.78. The van der Waals surface area contributed by atoms with E-state index < -0.39 is 0 Å². The fraction of sp³-hybridized carbons (Fsp3) is 0.833. The molecule has 3 aliphatic carbocycles. The molecule has 0 aliphatic heterocycles. The maximum Gasteiger partial charge on any atom is -0.0230 e. The van der Waals surface area contributed by atoms with E-state index in [1.54, 1.807) is 5.57 Å². The lowest BCUT2D eigenvalue weighted by molar-refractivity contribution is 0.256. The quantitative estimate of drug-likeness (QED) is 0.438. The van der Waals surface area contributed by atoms with Gasteiger partial charge in [-0.2, -0.15) is 0 Å². The fourth-order valence-corrected chi connectivity index (χ4v) is 5.15. The lowest BCUT2D eigenvalue weighted by Crippen LogP contribution is -2.14. The van der Waals surface area contributed by atoms with E-state index in [9.17, 15) is 0 Å². The zero-order chi connectivity index (χ0) is 16.8. The van der Waals surface area contributed by atoms with Gasteiger partial charge >= 0.3 is 0 Å². The van der Waals surface area contributed by atoms with Crippen LogP contribution >= 0.6 is 0 Å². The van der Waals surface area contributed by atoms with Crippen LogP contribution in [0.2, 0.25) is 0 Å². The van der Waals surface area contributed by atoms with Crippen molar-refractivity contribution in [2.75, 3.05) is 0 Å². The van der Waals surface area contributed by atoms with Crippen LogP contribution in [0.15, 0.2) is 23.8 Å². The Balaban J connectivity index is 1.31. The van der Waals surface area contributed by atoms with Gasteiger partial charge in [-0.1, -0.05) is 69.8 Å². The van der Waals surface area contributed by atoms with Crippen LogP contribution in [-0.2, 0) is 0 Å². The summed E-state index contributed by atoms with van der Waals surface area (Å²) in [7, 11) is 0. The van der Waals surface area contributed by atoms with Crippen molar-refractivity contribution in [3.8, 4) is 0 Å². The summed E-state index contributed by atoms with van der Waals surface area (Å²) in [6, 6.07) is 0. The average molecular weight is 329 g/mol. The molecule has 1 fully saturated rings. The van der Waals surface area contributed by atoms with Gasteiger partial charge in [0, 0.05) is 0 Å². The van der Waals surface area contributed by atoms with Gasteiger partial charge in [0.05, 0.1) is 0 Å². The topological polar surface area (TPSA) is 0 Å². The molecule has 0 heteroatoms. The fourth-order valence-electron chi connectivity index (χ4n) is 5.15. The third-order valence-electron chi connectivity index (χ3n) is 7.27. The summed E-state index contributed by atoms with van der Waals surface area (Å²) < 4.78 is 0. The van der Waals surface area contributed by atoms with Gasteiger partial charge in [-0.05, 0) is 81.0 Å². The van der Waals surface area contributed by atoms with E-state index in [0.29, 0.717) is 0 Å². The minimum Gasteiger partial charge on any atom is -0.0854 e. The Bertz CT molecular complexity index is 421. The first kappa shape index (κ1) is 18.3. The lowest BCUT2D eigenvalue weighted by atomic mass is 9.77. The van der Waals surface area contributed by atoms with Crippen LogP contribution in [0.1, 0.15) is 97.3 Å². The Kier molecular flexibility index (Phi) is 7.05. The zero-order valence-electron chi connectivity index (χ0n) is 16.3. The number of rotatable bonds is 6. The van der Waals surface area contributed by atoms with Crippen LogP contribution in [-0.4, -0.2) is 0 Å². The van der Waals surface area contributed by atoms with Crippen LogP contribution in [0.25, 0.3) is 0 Å². The molecule has 0 radical (unpaired) electrons. The third-order valence-corrected chi connectivity index (χ3v) is 7.27. The lowest BCUT2D eigenvalue weighted by Gasteiger charge is -2.29. The van der Waals surface area contributed by atoms with Gasteiger partial charge < -0.3 is 0 Å². The average Bonchev–Trinajstić information content (AvgIpc) is 2.62. The van der Waals surface area contributed by atoms with E-state index in [-0.39, 0.29) is 0 Å². The molecule has 0 bridgehead atoms. The zero-order valence-corrected chi connectivity index (χ0v) is 16.3. The Hall–Kier alpha value is -0.520. The summed E-state index contributed by atoms with van der Waals surface area (Å²) in [5, 5.41) is 0. The first-order valence-corrected chi connectivity index (χ1v) is 11.0. The molecule has 3 unspecified atom stereocenters. The van der Waals surface area contributed by atoms with Gasteiger partial charge in [0.15, 0.2) is 0 Å². The van der Waals surface area contributed by atoms with Gasteiger partial charge in [0.1, 0.15) is 0 Å². The predicted molar refractivity (Wildman–Crippen MR) is 106 cm³/mol. The maximum atomic E-state index is 2.63. The molecule has 0 heterocycles. The highest BCUT2D eigenvalue weighted by molar-refractivity contribution is 5.08. The van der Waals surface area contributed by atoms with Crippen LogP contribution in [0.3, 0.4) is 0 Å². The highest BCUT2D eigenvalue weighted by Crippen LogP contribution is 2.36. The molecule has 0 aromatic heterocycles. The second-order valence-corrected chi connectivity index (χ2v) is 9.44. The molecule has 0 aromatic rings. The second kappa shape index (κ2) is 9.25. The van der Waals surface area contributed by atoms with Crippen LogP contribution in [0.5, 0.6) is 0 Å². The molecule has 0 nitrogen and oxygen atoms in total. The Morgan fingerprint density at radius 2 is 1.58 bits per heavy atom. The normalized spacial score (nSPS) is 37.2. The molecule has 3 rings (SSSR count). The summed E-state index contributed by atoms with van der Waals surface area (Å²) in [6.45, 7) is 4.79. The minimum atomic E-state index is 0.822. The third kappa shape index (κ3) is 5.78. The second-order valence-electron chi connectivity index (χ2n) is 9.44. The van der Waals surface area contributed by atoms with E-state index in [1.807, 2.05) is 0 Å². The molecule has 0 aromatic carbocycles. The van der Waals surface area contributed by atoms with Crippen molar-refractivity contribution in [1.82, 2.24) is 0 Å². The summed E-state index contributed by atoms with van der Waals surface area (Å²) >= 11 is 0. The van der Waals surface area contributed by atoms with Crippen molar-refractivity contribution in [3.63, 3.8) is 0 Å². The largest absolute Gasteiger partial charge is 0.0854 e. The smallest absolute Gasteiger partial charge is 0.0230 e. The van der Waals surface area contributed by atoms with E-state index in [1.165, 1.54) is 83.5 Å². The van der Waals surface area contributed by atoms with Crippen molar-refractivity contribution in [2.24, 2.45) is 29.6 Å². The van der Waals surface area contributed by atoms with Crippen LogP contribution < -0.4 is 0 Å². The minimum absolute atomic E-state index is 0.822. The summed E-state index contributed by atoms with van der Waals surface area (Å²) in [4.78, 5) is 0. The monoisotopic (exact) mass is 328 g/mol. The molecule has 24 heavy (non-hydrogen) atoms. The van der Waals surface area contributed by atoms with E-state index in [2.05, 4.69) is 32.1 Å². The highest BCUT2D eigenvalue weighted by atomic mass is 14.3. The van der Waals surface area contributed by atoms with Crippen LogP contribution in [0.4, 0.5) is 0 Å². The van der Waals surface area contributed by atoms with Crippen LogP contribution in [0, 0.1) is 29.6 Å². The number of hydrogen-bond acceptors (Lipinski definition) is 0. The van der Waals surface area contributed by atoms with E-state index >= 15 is 0 Å². The molecule has 136 valence electrons. The molecule has 3 aliphatic rings. The number of hydrogen-bond donors (Lipinski definition) is 0. The van der Waals surface area contributed by atoms with Gasteiger partial charge in [-0.25, -0.2) is 0 Å².